The largest absolute Gasteiger partial charge is 0.271 e. The highest BCUT2D eigenvalue weighted by atomic mass is 35.5. The van der Waals surface area contributed by atoms with Crippen molar-refractivity contribution in [3.05, 3.63) is 101 Å². The van der Waals surface area contributed by atoms with Crippen LogP contribution >= 0.6 is 23.4 Å². The summed E-state index contributed by atoms with van der Waals surface area (Å²) in [5, 5.41) is 1.36. The number of nitrogens with zero attached hydrogens (tertiary/aromatic N) is 3. The second-order valence-electron chi connectivity index (χ2n) is 6.77. The van der Waals surface area contributed by atoms with Gasteiger partial charge in [0.15, 0.2) is 11.2 Å². The van der Waals surface area contributed by atoms with Crippen molar-refractivity contribution in [2.45, 2.75) is 11.8 Å². The van der Waals surface area contributed by atoms with Crippen molar-refractivity contribution in [3.8, 4) is 0 Å². The van der Waals surface area contributed by atoms with Crippen molar-refractivity contribution in [1.29, 1.82) is 0 Å². The van der Waals surface area contributed by atoms with Crippen LogP contribution in [0.1, 0.15) is 22.7 Å². The van der Waals surface area contributed by atoms with Gasteiger partial charge < -0.3 is 0 Å². The zero-order valence-electron chi connectivity index (χ0n) is 15.3. The van der Waals surface area contributed by atoms with E-state index in [9.17, 15) is 4.79 Å². The van der Waals surface area contributed by atoms with Crippen molar-refractivity contribution in [2.75, 3.05) is 0 Å². The molecule has 0 saturated carbocycles. The Labute approximate surface area is 177 Å². The quantitative estimate of drug-likeness (QED) is 0.556. The van der Waals surface area contributed by atoms with Gasteiger partial charge in [0.25, 0.3) is 5.91 Å². The molecule has 0 radical (unpaired) electrons. The van der Waals surface area contributed by atoms with Gasteiger partial charge >= 0.3 is 0 Å². The smallest absolute Gasteiger partial charge is 0.263 e. The molecule has 0 saturated heterocycles. The van der Waals surface area contributed by atoms with E-state index in [1.165, 1.54) is 11.8 Å². The minimum Gasteiger partial charge on any atom is -0.271 e. The molecule has 0 fully saturated rings. The van der Waals surface area contributed by atoms with Gasteiger partial charge in [-0.15, -0.1) is 0 Å². The maximum absolute atomic E-state index is 13.3. The molecule has 5 rings (SSSR count). The number of aliphatic imine (C=N–C) groups is 2. The van der Waals surface area contributed by atoms with E-state index in [0.717, 1.165) is 22.4 Å². The van der Waals surface area contributed by atoms with Gasteiger partial charge in [0.05, 0.1) is 5.69 Å². The summed E-state index contributed by atoms with van der Waals surface area (Å²) in [5.74, 6) is 1.29. The maximum atomic E-state index is 13.3. The predicted molar refractivity (Wildman–Crippen MR) is 119 cm³/mol. The van der Waals surface area contributed by atoms with Gasteiger partial charge in [-0.1, -0.05) is 78.0 Å². The molecule has 2 heterocycles. The molecule has 0 spiro atoms. The van der Waals surface area contributed by atoms with Gasteiger partial charge in [0, 0.05) is 16.3 Å². The molecule has 0 bridgehead atoms. The van der Waals surface area contributed by atoms with Gasteiger partial charge in [-0.05, 0) is 35.4 Å². The van der Waals surface area contributed by atoms with E-state index in [1.807, 2.05) is 78.9 Å². The monoisotopic (exact) mass is 417 g/mol. The van der Waals surface area contributed by atoms with Gasteiger partial charge in [0.2, 0.25) is 0 Å². The number of thioether (sulfide) groups is 1. The van der Waals surface area contributed by atoms with Gasteiger partial charge in [-0.3, -0.25) is 4.79 Å². The molecule has 2 aliphatic heterocycles. The molecule has 29 heavy (non-hydrogen) atoms. The van der Waals surface area contributed by atoms with Crippen LogP contribution in [0.2, 0.25) is 5.02 Å². The Morgan fingerprint density at radius 1 is 0.931 bits per heavy atom. The first-order valence-electron chi connectivity index (χ1n) is 9.23. The lowest BCUT2D eigenvalue weighted by atomic mass is 10.1. The summed E-state index contributed by atoms with van der Waals surface area (Å²) in [4.78, 5) is 24.6. The molecule has 4 nitrogen and oxygen atoms in total. The normalized spacial score (nSPS) is 17.5. The second-order valence-corrected chi connectivity index (χ2v) is 8.15. The Kier molecular flexibility index (Phi) is 4.70. The molecule has 142 valence electrons. The number of halogens is 1. The highest BCUT2D eigenvalue weighted by Gasteiger charge is 2.41. The Hall–Kier alpha value is -2.89. The molecule has 1 unspecified atom stereocenters. The van der Waals surface area contributed by atoms with E-state index >= 15 is 0 Å². The fourth-order valence-electron chi connectivity index (χ4n) is 3.43. The maximum Gasteiger partial charge on any atom is 0.263 e. The first kappa shape index (κ1) is 18.2. The van der Waals surface area contributed by atoms with Crippen LogP contribution in [0.25, 0.3) is 0 Å². The topological polar surface area (TPSA) is 45.0 Å². The van der Waals surface area contributed by atoms with E-state index in [4.69, 9.17) is 21.6 Å². The summed E-state index contributed by atoms with van der Waals surface area (Å²) in [6, 6.07) is 24.7. The van der Waals surface area contributed by atoms with Gasteiger partial charge in [-0.2, -0.15) is 0 Å². The molecular weight excluding hydrogens is 402 g/mol. The van der Waals surface area contributed by atoms with Crippen LogP contribution in [0, 0.1) is 0 Å². The summed E-state index contributed by atoms with van der Waals surface area (Å²) in [6.45, 7) is 0. The molecule has 6 heteroatoms. The van der Waals surface area contributed by atoms with Gasteiger partial charge in [-0.25, -0.2) is 14.9 Å². The first-order valence-corrected chi connectivity index (χ1v) is 10.6. The van der Waals surface area contributed by atoms with Crippen LogP contribution in [0.5, 0.6) is 0 Å². The minimum absolute atomic E-state index is 0.0666. The van der Waals surface area contributed by atoms with E-state index in [2.05, 4.69) is 0 Å². The summed E-state index contributed by atoms with van der Waals surface area (Å²) < 4.78 is 0. The zero-order chi connectivity index (χ0) is 19.8. The summed E-state index contributed by atoms with van der Waals surface area (Å²) in [6.07, 6.45) is 0. The van der Waals surface area contributed by atoms with Crippen LogP contribution in [0.4, 0.5) is 5.69 Å². The average molecular weight is 418 g/mol. The summed E-state index contributed by atoms with van der Waals surface area (Å²) in [7, 11) is 0. The third-order valence-corrected chi connectivity index (χ3v) is 6.13. The Morgan fingerprint density at radius 2 is 1.66 bits per heavy atom. The number of hydrogen-bond acceptors (Lipinski definition) is 4. The third-order valence-electron chi connectivity index (χ3n) is 4.87. The summed E-state index contributed by atoms with van der Waals surface area (Å²) >= 11 is 7.51. The number of amides is 1. The van der Waals surface area contributed by atoms with Crippen molar-refractivity contribution in [1.82, 2.24) is 4.90 Å². The minimum atomic E-state index is -0.543. The van der Waals surface area contributed by atoms with Gasteiger partial charge in [0.1, 0.15) is 5.84 Å². The summed E-state index contributed by atoms with van der Waals surface area (Å²) in [5.41, 5.74) is 3.72. The standard InChI is InChI=1S/C23H16ClN3OS/c24-17-12-10-15(11-13-17)14-29-23-25-19-9-5-4-8-18(19)21-26-20(22(28)27(21)23)16-6-2-1-3-7-16/h1-13,20H,14H2. The van der Waals surface area contributed by atoms with Crippen LogP contribution in [-0.4, -0.2) is 21.8 Å². The predicted octanol–water partition coefficient (Wildman–Crippen LogP) is 5.60. The molecule has 1 amide bonds. The number of benzene rings is 3. The molecule has 3 aromatic rings. The number of fused-ring (bicyclic) bond motifs is 3. The van der Waals surface area contributed by atoms with E-state index < -0.39 is 6.04 Å². The molecule has 3 aromatic carbocycles. The van der Waals surface area contributed by atoms with Crippen LogP contribution in [0.3, 0.4) is 0 Å². The lowest BCUT2D eigenvalue weighted by Gasteiger charge is -2.25. The van der Waals surface area contributed by atoms with Crippen molar-refractivity contribution in [3.63, 3.8) is 0 Å². The molecule has 0 N–H and O–H groups in total. The number of para-hydroxylation sites is 1. The fourth-order valence-corrected chi connectivity index (χ4v) is 4.51. The van der Waals surface area contributed by atoms with Crippen molar-refractivity contribution >= 4 is 46.0 Å². The molecule has 0 aromatic heterocycles. The average Bonchev–Trinajstić information content (AvgIpc) is 3.11. The fraction of sp³-hybridized carbons (Fsp3) is 0.0870. The molecule has 1 atom stereocenters. The van der Waals surface area contributed by atoms with Crippen molar-refractivity contribution < 1.29 is 4.79 Å². The third kappa shape index (κ3) is 3.37. The molecule has 2 aliphatic rings. The second kappa shape index (κ2) is 7.50. The number of carbonyl (C=O) groups is 1. The Balaban J connectivity index is 1.51. The lowest BCUT2D eigenvalue weighted by Crippen LogP contribution is -2.39. The van der Waals surface area contributed by atoms with E-state index in [0.29, 0.717) is 21.8 Å². The highest BCUT2D eigenvalue weighted by Crippen LogP contribution is 2.38. The Bertz CT molecular complexity index is 1140. The highest BCUT2D eigenvalue weighted by molar-refractivity contribution is 8.13. The van der Waals surface area contributed by atoms with E-state index in [-0.39, 0.29) is 5.91 Å². The van der Waals surface area contributed by atoms with Crippen molar-refractivity contribution in [2.24, 2.45) is 9.98 Å². The lowest BCUT2D eigenvalue weighted by molar-refractivity contribution is -0.124. The number of rotatable bonds is 3. The molecule has 0 aliphatic carbocycles. The Morgan fingerprint density at radius 3 is 2.45 bits per heavy atom. The molecular formula is C23H16ClN3OS. The van der Waals surface area contributed by atoms with Crippen LogP contribution in [-0.2, 0) is 10.5 Å². The number of amidine groups is 2. The first-order chi connectivity index (χ1) is 14.2. The van der Waals surface area contributed by atoms with Crippen LogP contribution < -0.4 is 0 Å². The SMILES string of the molecule is O=C1C(c2ccccc2)N=C2c3ccccc3N=C(SCc3ccc(Cl)cc3)N12. The van der Waals surface area contributed by atoms with E-state index in [1.54, 1.807) is 4.90 Å². The number of hydrogen-bond donors (Lipinski definition) is 0. The zero-order valence-corrected chi connectivity index (χ0v) is 16.9. The van der Waals surface area contributed by atoms with Crippen LogP contribution in [0.15, 0.2) is 88.8 Å². The number of carbonyl (C=O) groups excluding carboxylic acids is 1.